The molecule has 1 heterocycles. The largest absolute Gasteiger partial charge is 0.392 e. The van der Waals surface area contributed by atoms with Crippen molar-refractivity contribution in [1.82, 2.24) is 4.98 Å². The molecule has 1 unspecified atom stereocenters. The second-order valence-corrected chi connectivity index (χ2v) is 4.12. The SMILES string of the molecule is CCC1CCc2ncc(CO)cc2C1. The topological polar surface area (TPSA) is 33.1 Å². The number of aromatic nitrogens is 1. The van der Waals surface area contributed by atoms with Crippen molar-refractivity contribution in [3.8, 4) is 0 Å². The molecule has 2 heteroatoms. The molecule has 0 fully saturated rings. The normalized spacial score (nSPS) is 20.6. The van der Waals surface area contributed by atoms with E-state index in [0.29, 0.717) is 0 Å². The molecule has 0 saturated heterocycles. The van der Waals surface area contributed by atoms with Gasteiger partial charge in [-0.15, -0.1) is 0 Å². The first kappa shape index (κ1) is 9.66. The van der Waals surface area contributed by atoms with Gasteiger partial charge in [0.2, 0.25) is 0 Å². The average Bonchev–Trinajstić information content (AvgIpc) is 2.27. The van der Waals surface area contributed by atoms with E-state index in [1.54, 1.807) is 6.20 Å². The highest BCUT2D eigenvalue weighted by Gasteiger charge is 2.18. The Bertz CT molecular complexity index is 322. The van der Waals surface area contributed by atoms with Crippen molar-refractivity contribution in [1.29, 1.82) is 0 Å². The minimum absolute atomic E-state index is 0.108. The van der Waals surface area contributed by atoms with Gasteiger partial charge in [-0.1, -0.05) is 19.4 Å². The smallest absolute Gasteiger partial charge is 0.0696 e. The zero-order valence-electron chi connectivity index (χ0n) is 8.66. The fraction of sp³-hybridized carbons (Fsp3) is 0.583. The van der Waals surface area contributed by atoms with Gasteiger partial charge in [-0.3, -0.25) is 4.98 Å². The van der Waals surface area contributed by atoms with Crippen LogP contribution in [0.25, 0.3) is 0 Å². The van der Waals surface area contributed by atoms with E-state index in [2.05, 4.69) is 18.0 Å². The second kappa shape index (κ2) is 4.09. The van der Waals surface area contributed by atoms with Crippen molar-refractivity contribution < 1.29 is 5.11 Å². The van der Waals surface area contributed by atoms with E-state index < -0.39 is 0 Å². The van der Waals surface area contributed by atoms with Crippen molar-refractivity contribution >= 4 is 0 Å². The molecule has 0 spiro atoms. The number of hydrogen-bond acceptors (Lipinski definition) is 2. The molecule has 0 aliphatic heterocycles. The maximum Gasteiger partial charge on any atom is 0.0696 e. The first-order valence-electron chi connectivity index (χ1n) is 5.41. The van der Waals surface area contributed by atoms with Crippen molar-refractivity contribution in [3.63, 3.8) is 0 Å². The van der Waals surface area contributed by atoms with Crippen molar-refractivity contribution in [2.75, 3.05) is 0 Å². The van der Waals surface area contributed by atoms with Crippen LogP contribution in [0.4, 0.5) is 0 Å². The molecule has 0 amide bonds. The van der Waals surface area contributed by atoms with Crippen LogP contribution in [0.15, 0.2) is 12.3 Å². The van der Waals surface area contributed by atoms with Gasteiger partial charge in [-0.25, -0.2) is 0 Å². The third-order valence-electron chi connectivity index (χ3n) is 3.17. The minimum atomic E-state index is 0.108. The molecule has 1 aliphatic carbocycles. The van der Waals surface area contributed by atoms with E-state index in [1.165, 1.54) is 24.1 Å². The summed E-state index contributed by atoms with van der Waals surface area (Å²) >= 11 is 0. The Balaban J connectivity index is 2.25. The van der Waals surface area contributed by atoms with Crippen LogP contribution in [0.3, 0.4) is 0 Å². The molecule has 1 aromatic heterocycles. The molecule has 0 saturated carbocycles. The van der Waals surface area contributed by atoms with Crippen LogP contribution in [0.5, 0.6) is 0 Å². The Morgan fingerprint density at radius 1 is 1.57 bits per heavy atom. The summed E-state index contributed by atoms with van der Waals surface area (Å²) in [6, 6.07) is 2.12. The summed E-state index contributed by atoms with van der Waals surface area (Å²) in [7, 11) is 0. The monoisotopic (exact) mass is 191 g/mol. The van der Waals surface area contributed by atoms with Crippen LogP contribution >= 0.6 is 0 Å². The number of aryl methyl sites for hydroxylation is 1. The summed E-state index contributed by atoms with van der Waals surface area (Å²) in [4.78, 5) is 4.40. The highest BCUT2D eigenvalue weighted by Crippen LogP contribution is 2.26. The van der Waals surface area contributed by atoms with Gasteiger partial charge < -0.3 is 5.11 Å². The van der Waals surface area contributed by atoms with E-state index in [4.69, 9.17) is 5.11 Å². The summed E-state index contributed by atoms with van der Waals surface area (Å²) in [5.41, 5.74) is 3.54. The molecular formula is C12H17NO. The Morgan fingerprint density at radius 2 is 2.43 bits per heavy atom. The van der Waals surface area contributed by atoms with E-state index in [1.807, 2.05) is 0 Å². The highest BCUT2D eigenvalue weighted by molar-refractivity contribution is 5.27. The Hall–Kier alpha value is -0.890. The molecule has 76 valence electrons. The lowest BCUT2D eigenvalue weighted by molar-refractivity contribution is 0.281. The quantitative estimate of drug-likeness (QED) is 0.776. The van der Waals surface area contributed by atoms with Crippen LogP contribution < -0.4 is 0 Å². The fourth-order valence-corrected chi connectivity index (χ4v) is 2.18. The van der Waals surface area contributed by atoms with Gasteiger partial charge in [0.05, 0.1) is 6.61 Å². The van der Waals surface area contributed by atoms with Gasteiger partial charge in [0, 0.05) is 11.9 Å². The lowest BCUT2D eigenvalue weighted by Crippen LogP contribution is -2.15. The van der Waals surface area contributed by atoms with Gasteiger partial charge in [0.25, 0.3) is 0 Å². The summed E-state index contributed by atoms with van der Waals surface area (Å²) in [6.07, 6.45) is 6.58. The Labute approximate surface area is 85.0 Å². The molecule has 1 N–H and O–H groups in total. The maximum atomic E-state index is 9.02. The van der Waals surface area contributed by atoms with Gasteiger partial charge >= 0.3 is 0 Å². The number of aliphatic hydroxyl groups excluding tert-OH is 1. The van der Waals surface area contributed by atoms with E-state index in [0.717, 1.165) is 24.3 Å². The van der Waals surface area contributed by atoms with Crippen LogP contribution in [0.2, 0.25) is 0 Å². The Morgan fingerprint density at radius 3 is 3.14 bits per heavy atom. The summed E-state index contributed by atoms with van der Waals surface area (Å²) < 4.78 is 0. The number of pyridine rings is 1. The zero-order valence-corrected chi connectivity index (χ0v) is 8.66. The molecule has 0 bridgehead atoms. The van der Waals surface area contributed by atoms with Gasteiger partial charge in [-0.2, -0.15) is 0 Å². The lowest BCUT2D eigenvalue weighted by Gasteiger charge is -2.22. The highest BCUT2D eigenvalue weighted by atomic mass is 16.3. The molecular weight excluding hydrogens is 174 g/mol. The molecule has 14 heavy (non-hydrogen) atoms. The van der Waals surface area contributed by atoms with E-state index >= 15 is 0 Å². The maximum absolute atomic E-state index is 9.02. The Kier molecular flexibility index (Phi) is 2.82. The molecule has 1 aliphatic rings. The van der Waals surface area contributed by atoms with Crippen molar-refractivity contribution in [2.24, 2.45) is 5.92 Å². The fourth-order valence-electron chi connectivity index (χ4n) is 2.18. The van der Waals surface area contributed by atoms with Gasteiger partial charge in [0.1, 0.15) is 0 Å². The van der Waals surface area contributed by atoms with Crippen LogP contribution in [-0.2, 0) is 19.4 Å². The van der Waals surface area contributed by atoms with E-state index in [9.17, 15) is 0 Å². The van der Waals surface area contributed by atoms with Crippen LogP contribution in [-0.4, -0.2) is 10.1 Å². The zero-order chi connectivity index (χ0) is 9.97. The van der Waals surface area contributed by atoms with Crippen molar-refractivity contribution in [2.45, 2.75) is 39.2 Å². The third kappa shape index (κ3) is 1.80. The average molecular weight is 191 g/mol. The summed E-state index contributed by atoms with van der Waals surface area (Å²) in [5.74, 6) is 0.818. The molecule has 0 radical (unpaired) electrons. The minimum Gasteiger partial charge on any atom is -0.392 e. The summed E-state index contributed by atoms with van der Waals surface area (Å²) in [5, 5.41) is 9.02. The number of fused-ring (bicyclic) bond motifs is 1. The molecule has 0 aromatic carbocycles. The van der Waals surface area contributed by atoms with E-state index in [-0.39, 0.29) is 6.61 Å². The number of hydrogen-bond donors (Lipinski definition) is 1. The van der Waals surface area contributed by atoms with Crippen LogP contribution in [0, 0.1) is 5.92 Å². The second-order valence-electron chi connectivity index (χ2n) is 4.12. The third-order valence-corrected chi connectivity index (χ3v) is 3.17. The molecule has 1 atom stereocenters. The molecule has 2 rings (SSSR count). The lowest BCUT2D eigenvalue weighted by atomic mass is 9.85. The summed E-state index contributed by atoms with van der Waals surface area (Å²) in [6.45, 7) is 2.36. The van der Waals surface area contributed by atoms with Gasteiger partial charge in [0.15, 0.2) is 0 Å². The first-order valence-corrected chi connectivity index (χ1v) is 5.41. The molecule has 1 aromatic rings. The van der Waals surface area contributed by atoms with Gasteiger partial charge in [-0.05, 0) is 36.3 Å². The molecule has 2 nitrogen and oxygen atoms in total. The first-order chi connectivity index (χ1) is 6.83. The number of aliphatic hydroxyl groups is 1. The predicted molar refractivity (Wildman–Crippen MR) is 56.0 cm³/mol. The predicted octanol–water partition coefficient (Wildman–Crippen LogP) is 2.09. The van der Waals surface area contributed by atoms with Crippen LogP contribution in [0.1, 0.15) is 36.6 Å². The number of rotatable bonds is 2. The standard InChI is InChI=1S/C12H17NO/c1-2-9-3-4-12-11(5-9)6-10(8-14)7-13-12/h6-7,9,14H,2-5,8H2,1H3. The van der Waals surface area contributed by atoms with Crippen molar-refractivity contribution in [3.05, 3.63) is 29.1 Å². The number of nitrogens with zero attached hydrogens (tertiary/aromatic N) is 1.